The maximum Gasteiger partial charge on any atom is 0.337 e. The number of nitrogens with zero attached hydrogens (tertiary/aromatic N) is 1. The van der Waals surface area contributed by atoms with Crippen LogP contribution in [0.15, 0.2) is 18.2 Å². The lowest BCUT2D eigenvalue weighted by molar-refractivity contribution is -0.117. The van der Waals surface area contributed by atoms with Gasteiger partial charge < -0.3 is 10.0 Å². The fourth-order valence-corrected chi connectivity index (χ4v) is 2.37. The number of carboxylic acid groups (broad SMARTS) is 1. The van der Waals surface area contributed by atoms with Gasteiger partial charge in [0.2, 0.25) is 5.91 Å². The van der Waals surface area contributed by atoms with E-state index in [0.29, 0.717) is 6.54 Å². The highest BCUT2D eigenvalue weighted by Crippen LogP contribution is 2.28. The highest BCUT2D eigenvalue weighted by Gasteiger charge is 2.31. The Labute approximate surface area is 105 Å². The highest BCUT2D eigenvalue weighted by atomic mass is 79.9. The van der Waals surface area contributed by atoms with Gasteiger partial charge in [0.25, 0.3) is 0 Å². The van der Waals surface area contributed by atoms with E-state index >= 15 is 0 Å². The number of rotatable bonds is 2. The van der Waals surface area contributed by atoms with Crippen LogP contribution in [0, 0.1) is 5.82 Å². The predicted octanol–water partition coefficient (Wildman–Crippen LogP) is 2.02. The molecule has 1 aliphatic heterocycles. The molecule has 2 rings (SSSR count). The number of halogens is 2. The minimum Gasteiger partial charge on any atom is -0.478 e. The lowest BCUT2D eigenvalue weighted by atomic mass is 10.1. The first-order chi connectivity index (χ1) is 7.99. The molecule has 1 aromatic carbocycles. The van der Waals surface area contributed by atoms with Gasteiger partial charge in [-0.3, -0.25) is 4.79 Å². The highest BCUT2D eigenvalue weighted by molar-refractivity contribution is 9.09. The summed E-state index contributed by atoms with van der Waals surface area (Å²) in [6.07, 6.45) is 0.287. The molecule has 4 nitrogen and oxygen atoms in total. The van der Waals surface area contributed by atoms with Gasteiger partial charge in [-0.05, 0) is 18.2 Å². The number of anilines is 1. The molecule has 1 aliphatic rings. The van der Waals surface area contributed by atoms with E-state index in [4.69, 9.17) is 5.11 Å². The fourth-order valence-electron chi connectivity index (χ4n) is 1.81. The molecule has 1 N–H and O–H groups in total. The second kappa shape index (κ2) is 4.44. The summed E-state index contributed by atoms with van der Waals surface area (Å²) in [6, 6.07) is 3.31. The van der Waals surface area contributed by atoms with Gasteiger partial charge >= 0.3 is 5.97 Å². The second-order valence-corrected chi connectivity index (χ2v) is 5.07. The third kappa shape index (κ3) is 2.31. The van der Waals surface area contributed by atoms with Gasteiger partial charge in [0, 0.05) is 17.8 Å². The molecular weight excluding hydrogens is 293 g/mol. The van der Waals surface area contributed by atoms with Crippen LogP contribution in [0.4, 0.5) is 10.1 Å². The van der Waals surface area contributed by atoms with Crippen LogP contribution in [0.25, 0.3) is 0 Å². The minimum absolute atomic E-state index is 0.0279. The molecule has 0 spiro atoms. The number of hydrogen-bond acceptors (Lipinski definition) is 2. The molecule has 1 saturated heterocycles. The maximum absolute atomic E-state index is 13.1. The van der Waals surface area contributed by atoms with Crippen molar-refractivity contribution >= 4 is 33.5 Å². The lowest BCUT2D eigenvalue weighted by Gasteiger charge is -2.18. The number of alkyl halides is 1. The largest absolute Gasteiger partial charge is 0.478 e. The van der Waals surface area contributed by atoms with Gasteiger partial charge in [0.15, 0.2) is 0 Å². The van der Waals surface area contributed by atoms with Gasteiger partial charge in [-0.2, -0.15) is 0 Å². The van der Waals surface area contributed by atoms with Gasteiger partial charge in [-0.15, -0.1) is 0 Å². The average Bonchev–Trinajstić information content (AvgIpc) is 2.57. The van der Waals surface area contributed by atoms with Gasteiger partial charge in [-0.1, -0.05) is 15.9 Å². The molecule has 17 heavy (non-hydrogen) atoms. The van der Waals surface area contributed by atoms with E-state index < -0.39 is 11.8 Å². The van der Waals surface area contributed by atoms with Crippen molar-refractivity contribution in [2.45, 2.75) is 11.2 Å². The quantitative estimate of drug-likeness (QED) is 0.850. The van der Waals surface area contributed by atoms with Crippen molar-refractivity contribution in [2.75, 3.05) is 11.4 Å². The van der Waals surface area contributed by atoms with Crippen molar-refractivity contribution in [1.82, 2.24) is 0 Å². The normalized spacial score (nSPS) is 19.8. The van der Waals surface area contributed by atoms with E-state index in [9.17, 15) is 14.0 Å². The summed E-state index contributed by atoms with van der Waals surface area (Å²) in [6.45, 7) is 0.350. The van der Waals surface area contributed by atoms with Crippen LogP contribution in [-0.4, -0.2) is 28.4 Å². The lowest BCUT2D eigenvalue weighted by Crippen LogP contribution is -2.26. The van der Waals surface area contributed by atoms with Crippen LogP contribution in [-0.2, 0) is 4.79 Å². The number of benzene rings is 1. The Bertz CT molecular complexity index is 492. The SMILES string of the molecule is O=C(O)c1ccc(F)cc1N1CC(Br)CC1=O. The molecular formula is C11H9BrFNO3. The first-order valence-corrected chi connectivity index (χ1v) is 5.88. The molecule has 1 fully saturated rings. The standard InChI is InChI=1S/C11H9BrFNO3/c12-6-3-10(15)14(5-6)9-4-7(13)1-2-8(9)11(16)17/h1-2,4,6H,3,5H2,(H,16,17). The van der Waals surface area contributed by atoms with Crippen molar-refractivity contribution in [3.63, 3.8) is 0 Å². The molecule has 1 amide bonds. The molecule has 1 unspecified atom stereocenters. The summed E-state index contributed by atoms with van der Waals surface area (Å²) < 4.78 is 13.1. The number of carbonyl (C=O) groups excluding carboxylic acids is 1. The Morgan fingerprint density at radius 1 is 1.53 bits per heavy atom. The number of carboxylic acids is 1. The smallest absolute Gasteiger partial charge is 0.337 e. The zero-order valence-corrected chi connectivity index (χ0v) is 10.3. The summed E-state index contributed by atoms with van der Waals surface area (Å²) in [5.41, 5.74) is 0.0470. The van der Waals surface area contributed by atoms with Crippen LogP contribution < -0.4 is 4.90 Å². The summed E-state index contributed by atoms with van der Waals surface area (Å²) >= 11 is 3.29. The third-order valence-corrected chi connectivity index (χ3v) is 3.17. The Hall–Kier alpha value is -1.43. The molecule has 0 radical (unpaired) electrons. The van der Waals surface area contributed by atoms with E-state index in [1.165, 1.54) is 11.0 Å². The number of carbonyl (C=O) groups is 2. The monoisotopic (exact) mass is 301 g/mol. The molecule has 0 aromatic heterocycles. The molecule has 1 aromatic rings. The van der Waals surface area contributed by atoms with E-state index in [1.807, 2.05) is 0 Å². The van der Waals surface area contributed by atoms with Crippen LogP contribution in [0.5, 0.6) is 0 Å². The zero-order chi connectivity index (χ0) is 12.6. The molecule has 1 atom stereocenters. The van der Waals surface area contributed by atoms with Crippen molar-refractivity contribution in [1.29, 1.82) is 0 Å². The van der Waals surface area contributed by atoms with Crippen molar-refractivity contribution in [2.24, 2.45) is 0 Å². The predicted molar refractivity (Wildman–Crippen MR) is 63.0 cm³/mol. The summed E-state index contributed by atoms with van der Waals surface area (Å²) in [5, 5.41) is 9.00. The Kier molecular flexibility index (Phi) is 3.15. The summed E-state index contributed by atoms with van der Waals surface area (Å²) in [7, 11) is 0. The van der Waals surface area contributed by atoms with Crippen LogP contribution in [0.2, 0.25) is 0 Å². The fraction of sp³-hybridized carbons (Fsp3) is 0.273. The van der Waals surface area contributed by atoms with Crippen molar-refractivity contribution in [3.8, 4) is 0 Å². The Morgan fingerprint density at radius 3 is 2.76 bits per heavy atom. The topological polar surface area (TPSA) is 57.6 Å². The number of amides is 1. The number of hydrogen-bond donors (Lipinski definition) is 1. The average molecular weight is 302 g/mol. The van der Waals surface area contributed by atoms with E-state index in [-0.39, 0.29) is 28.4 Å². The Balaban J connectivity index is 2.46. The van der Waals surface area contributed by atoms with Crippen LogP contribution in [0.3, 0.4) is 0 Å². The second-order valence-electron chi connectivity index (χ2n) is 3.77. The summed E-state index contributed by atoms with van der Waals surface area (Å²) in [5.74, 6) is -1.94. The van der Waals surface area contributed by atoms with Crippen molar-refractivity contribution < 1.29 is 19.1 Å². The van der Waals surface area contributed by atoms with Gasteiger partial charge in [0.1, 0.15) is 5.82 Å². The van der Waals surface area contributed by atoms with E-state index in [2.05, 4.69) is 15.9 Å². The van der Waals surface area contributed by atoms with Gasteiger partial charge in [0.05, 0.1) is 11.3 Å². The maximum atomic E-state index is 13.1. The molecule has 0 bridgehead atoms. The molecule has 1 heterocycles. The van der Waals surface area contributed by atoms with Gasteiger partial charge in [-0.25, -0.2) is 9.18 Å². The van der Waals surface area contributed by atoms with E-state index in [0.717, 1.165) is 12.1 Å². The Morgan fingerprint density at radius 2 is 2.24 bits per heavy atom. The molecule has 90 valence electrons. The molecule has 0 saturated carbocycles. The zero-order valence-electron chi connectivity index (χ0n) is 8.69. The van der Waals surface area contributed by atoms with E-state index in [1.54, 1.807) is 0 Å². The first-order valence-electron chi connectivity index (χ1n) is 4.96. The minimum atomic E-state index is -1.18. The first kappa shape index (κ1) is 12.0. The van der Waals surface area contributed by atoms with Crippen LogP contribution >= 0.6 is 15.9 Å². The number of aromatic carboxylic acids is 1. The molecule has 0 aliphatic carbocycles. The van der Waals surface area contributed by atoms with Crippen LogP contribution in [0.1, 0.15) is 16.8 Å². The molecule has 6 heteroatoms. The van der Waals surface area contributed by atoms with Crippen molar-refractivity contribution in [3.05, 3.63) is 29.6 Å². The third-order valence-electron chi connectivity index (χ3n) is 2.56. The summed E-state index contributed by atoms with van der Waals surface area (Å²) in [4.78, 5) is 23.9.